The summed E-state index contributed by atoms with van der Waals surface area (Å²) >= 11 is 1.06. The Kier molecular flexibility index (Phi) is 8.22. The third kappa shape index (κ3) is 4.65. The van der Waals surface area contributed by atoms with Gasteiger partial charge < -0.3 is 0 Å². The Morgan fingerprint density at radius 1 is 0.586 bits per heavy atom. The van der Waals surface area contributed by atoms with Gasteiger partial charge in [-0.05, 0) is 6.42 Å². The maximum Gasteiger partial charge on any atom is 0.460 e. The highest BCUT2D eigenvalue weighted by Crippen LogP contribution is 2.62. The molecular formula is C13H12F15I. The van der Waals surface area contributed by atoms with Crippen molar-refractivity contribution in [3.8, 4) is 0 Å². The van der Waals surface area contributed by atoms with E-state index in [0.717, 1.165) is 22.6 Å². The predicted octanol–water partition coefficient (Wildman–Crippen LogP) is 7.74. The van der Waals surface area contributed by atoms with Gasteiger partial charge in [0.25, 0.3) is 0 Å². The second kappa shape index (κ2) is 8.31. The highest BCUT2D eigenvalue weighted by Gasteiger charge is 2.93. The molecule has 0 fully saturated rings. The van der Waals surface area contributed by atoms with E-state index in [2.05, 4.69) is 0 Å². The van der Waals surface area contributed by atoms with Crippen LogP contribution in [-0.2, 0) is 0 Å². The fourth-order valence-electron chi connectivity index (χ4n) is 1.93. The lowest BCUT2D eigenvalue weighted by atomic mass is 9.89. The molecule has 0 spiro atoms. The summed E-state index contributed by atoms with van der Waals surface area (Å²) in [7, 11) is 0. The first-order valence-electron chi connectivity index (χ1n) is 7.43. The van der Waals surface area contributed by atoms with E-state index in [1.54, 1.807) is 0 Å². The summed E-state index contributed by atoms with van der Waals surface area (Å²) < 4.78 is 193. The minimum absolute atomic E-state index is 0.0949. The molecule has 0 aliphatic carbocycles. The van der Waals surface area contributed by atoms with Crippen molar-refractivity contribution in [1.29, 1.82) is 0 Å². The van der Waals surface area contributed by atoms with Gasteiger partial charge in [-0.1, -0.05) is 42.4 Å². The second-order valence-electron chi connectivity index (χ2n) is 6.02. The van der Waals surface area contributed by atoms with Crippen LogP contribution in [0.3, 0.4) is 0 Å². The first kappa shape index (κ1) is 28.7. The highest BCUT2D eigenvalue weighted by molar-refractivity contribution is 14.1. The number of rotatable bonds is 10. The van der Waals surface area contributed by atoms with E-state index in [9.17, 15) is 65.9 Å². The lowest BCUT2D eigenvalue weighted by Gasteiger charge is -2.41. The summed E-state index contributed by atoms with van der Waals surface area (Å²) in [4.78, 5) is 0. The summed E-state index contributed by atoms with van der Waals surface area (Å²) in [6, 6.07) is 0. The molecule has 0 saturated heterocycles. The van der Waals surface area contributed by atoms with Crippen LogP contribution >= 0.6 is 22.6 Å². The Morgan fingerprint density at radius 3 is 1.28 bits per heavy atom. The van der Waals surface area contributed by atoms with Crippen molar-refractivity contribution < 1.29 is 65.9 Å². The summed E-state index contributed by atoms with van der Waals surface area (Å²) in [5.74, 6) is -45.9. The molecule has 0 saturated carbocycles. The lowest BCUT2D eigenvalue weighted by molar-refractivity contribution is -0.452. The average molecular weight is 580 g/mol. The molecule has 0 bridgehead atoms. The zero-order valence-electron chi connectivity index (χ0n) is 14.0. The van der Waals surface area contributed by atoms with Crippen molar-refractivity contribution in [2.24, 2.45) is 0 Å². The zero-order valence-corrected chi connectivity index (χ0v) is 16.1. The van der Waals surface area contributed by atoms with Crippen LogP contribution in [0, 0.1) is 0 Å². The van der Waals surface area contributed by atoms with E-state index in [-0.39, 0.29) is 12.8 Å². The molecule has 0 aliphatic heterocycles. The van der Waals surface area contributed by atoms with Gasteiger partial charge in [0.15, 0.2) is 0 Å². The molecule has 0 nitrogen and oxygen atoms in total. The highest BCUT2D eigenvalue weighted by atomic mass is 127. The number of hydrogen-bond donors (Lipinski definition) is 0. The standard InChI is InChI=1S/C13H12F15I/c1-2-3-4-6(29)5-7(14,15)8(16,17)9(18,19)10(20,21)11(22,23)12(24,25)13(26,27)28/h6H,2-5H2,1H3. The quantitative estimate of drug-likeness (QED) is 0.141. The first-order valence-corrected chi connectivity index (χ1v) is 8.68. The van der Waals surface area contributed by atoms with E-state index in [0.29, 0.717) is 6.42 Å². The molecule has 0 aromatic rings. The molecular weight excluding hydrogens is 568 g/mol. The van der Waals surface area contributed by atoms with Crippen molar-refractivity contribution in [2.45, 2.75) is 78.2 Å². The summed E-state index contributed by atoms with van der Waals surface area (Å²) in [5.41, 5.74) is 0. The molecule has 0 aliphatic rings. The Morgan fingerprint density at radius 2 is 0.931 bits per heavy atom. The number of hydrogen-bond acceptors (Lipinski definition) is 0. The largest absolute Gasteiger partial charge is 0.460 e. The van der Waals surface area contributed by atoms with Crippen molar-refractivity contribution >= 4 is 22.6 Å². The molecule has 0 N–H and O–H groups in total. The van der Waals surface area contributed by atoms with Gasteiger partial charge in [-0.3, -0.25) is 0 Å². The zero-order chi connectivity index (χ0) is 23.9. The molecule has 0 radical (unpaired) electrons. The Bertz CT molecular complexity index is 551. The van der Waals surface area contributed by atoms with E-state index >= 15 is 0 Å². The first-order chi connectivity index (χ1) is 12.5. The van der Waals surface area contributed by atoms with Crippen molar-refractivity contribution in [1.82, 2.24) is 0 Å². The van der Waals surface area contributed by atoms with Crippen LogP contribution in [0.1, 0.15) is 32.6 Å². The Balaban J connectivity index is 6.22. The molecule has 0 heterocycles. The van der Waals surface area contributed by atoms with Gasteiger partial charge in [-0.2, -0.15) is 65.9 Å². The molecule has 1 unspecified atom stereocenters. The fourth-order valence-corrected chi connectivity index (χ4v) is 2.93. The van der Waals surface area contributed by atoms with Gasteiger partial charge >= 0.3 is 41.7 Å². The molecule has 29 heavy (non-hydrogen) atoms. The molecule has 16 heteroatoms. The molecule has 0 aromatic heterocycles. The molecule has 0 amide bonds. The maximum absolute atomic E-state index is 13.6. The van der Waals surface area contributed by atoms with Crippen molar-refractivity contribution in [3.63, 3.8) is 0 Å². The van der Waals surface area contributed by atoms with E-state index < -0.39 is 52.1 Å². The molecule has 0 aromatic carbocycles. The summed E-state index contributed by atoms with van der Waals surface area (Å²) in [5, 5.41) is 0. The van der Waals surface area contributed by atoms with Crippen LogP contribution in [0.2, 0.25) is 0 Å². The van der Waals surface area contributed by atoms with Gasteiger partial charge in [0.05, 0.1) is 0 Å². The summed E-state index contributed by atoms with van der Waals surface area (Å²) in [6.07, 6.45) is -9.74. The topological polar surface area (TPSA) is 0 Å². The van der Waals surface area contributed by atoms with E-state index in [1.165, 1.54) is 6.92 Å². The minimum atomic E-state index is -8.21. The smallest absolute Gasteiger partial charge is 0.200 e. The Labute approximate surface area is 167 Å². The fraction of sp³-hybridized carbons (Fsp3) is 1.00. The predicted molar refractivity (Wildman–Crippen MR) is 77.7 cm³/mol. The molecule has 176 valence electrons. The number of alkyl halides is 16. The van der Waals surface area contributed by atoms with Gasteiger partial charge in [0.2, 0.25) is 0 Å². The maximum atomic E-state index is 13.6. The van der Waals surface area contributed by atoms with Crippen LogP contribution < -0.4 is 0 Å². The summed E-state index contributed by atoms with van der Waals surface area (Å²) in [6.45, 7) is 1.51. The van der Waals surface area contributed by atoms with Gasteiger partial charge in [0, 0.05) is 10.3 Å². The monoisotopic (exact) mass is 580 g/mol. The average Bonchev–Trinajstić information content (AvgIpc) is 2.50. The van der Waals surface area contributed by atoms with Crippen LogP contribution in [-0.4, -0.2) is 45.6 Å². The van der Waals surface area contributed by atoms with Gasteiger partial charge in [-0.25, -0.2) is 0 Å². The SMILES string of the molecule is CCCCC(I)CC(F)(F)C(F)(F)C(F)(F)C(F)(F)C(F)(F)C(F)(F)C(F)(F)F. The van der Waals surface area contributed by atoms with Crippen LogP contribution in [0.25, 0.3) is 0 Å². The van der Waals surface area contributed by atoms with E-state index in [4.69, 9.17) is 0 Å². The van der Waals surface area contributed by atoms with Crippen molar-refractivity contribution in [2.75, 3.05) is 0 Å². The second-order valence-corrected chi connectivity index (χ2v) is 7.78. The molecule has 0 rings (SSSR count). The Hall–Kier alpha value is -0.320. The third-order valence-electron chi connectivity index (χ3n) is 3.74. The van der Waals surface area contributed by atoms with Crippen LogP contribution in [0.4, 0.5) is 65.9 Å². The molecule has 1 atom stereocenters. The lowest BCUT2D eigenvalue weighted by Crippen LogP contribution is -2.72. The van der Waals surface area contributed by atoms with E-state index in [1.807, 2.05) is 0 Å². The van der Waals surface area contributed by atoms with Crippen LogP contribution in [0.15, 0.2) is 0 Å². The number of unbranched alkanes of at least 4 members (excludes halogenated alkanes) is 1. The van der Waals surface area contributed by atoms with Crippen molar-refractivity contribution in [3.05, 3.63) is 0 Å². The van der Waals surface area contributed by atoms with Gasteiger partial charge in [-0.15, -0.1) is 0 Å². The van der Waals surface area contributed by atoms with Gasteiger partial charge in [0.1, 0.15) is 0 Å². The number of halogens is 16. The van der Waals surface area contributed by atoms with Crippen LogP contribution in [0.5, 0.6) is 0 Å². The third-order valence-corrected chi connectivity index (χ3v) is 4.80. The normalized spacial score (nSPS) is 16.9. The minimum Gasteiger partial charge on any atom is -0.200 e.